The molecule has 1 aliphatic heterocycles. The van der Waals surface area contributed by atoms with Crippen molar-refractivity contribution in [2.24, 2.45) is 4.99 Å². The van der Waals surface area contributed by atoms with Gasteiger partial charge in [0.15, 0.2) is 0 Å². The molecular weight excluding hydrogens is 142 g/mol. The Labute approximate surface area is 64.9 Å². The zero-order valence-electron chi connectivity index (χ0n) is 5.82. The summed E-state index contributed by atoms with van der Waals surface area (Å²) in [6.07, 6.45) is 6.48. The Morgan fingerprint density at radius 2 is 2.50 bits per heavy atom. The van der Waals surface area contributed by atoms with E-state index in [1.807, 2.05) is 17.3 Å². The minimum Gasteiger partial charge on any atom is -0.277 e. The minimum absolute atomic E-state index is 0.440. The maximum atomic E-state index is 4.36. The first-order valence-corrected chi connectivity index (χ1v) is 4.34. The summed E-state index contributed by atoms with van der Waals surface area (Å²) in [6, 6.07) is 0.440. The summed E-state index contributed by atoms with van der Waals surface area (Å²) < 4.78 is 0. The quantitative estimate of drug-likeness (QED) is 0.516. The molecule has 0 radical (unpaired) electrons. The van der Waals surface area contributed by atoms with E-state index in [1.54, 1.807) is 0 Å². The lowest BCUT2D eigenvalue weighted by atomic mass is 10.0. The molecular formula is C8H9NS. The van der Waals surface area contributed by atoms with E-state index in [0.29, 0.717) is 11.3 Å². The lowest BCUT2D eigenvalue weighted by Gasteiger charge is -2.16. The van der Waals surface area contributed by atoms with E-state index < -0.39 is 0 Å². The van der Waals surface area contributed by atoms with Crippen LogP contribution in [-0.4, -0.2) is 16.8 Å². The Morgan fingerprint density at radius 1 is 1.60 bits per heavy atom. The molecule has 2 heteroatoms. The molecule has 0 bridgehead atoms. The van der Waals surface area contributed by atoms with Gasteiger partial charge >= 0.3 is 0 Å². The van der Waals surface area contributed by atoms with Gasteiger partial charge in [-0.25, -0.2) is 0 Å². The van der Waals surface area contributed by atoms with Gasteiger partial charge in [0.1, 0.15) is 0 Å². The Kier molecular flexibility index (Phi) is 1.42. The molecule has 0 amide bonds. The average molecular weight is 151 g/mol. The first-order chi connectivity index (χ1) is 4.88. The van der Waals surface area contributed by atoms with Crippen molar-refractivity contribution in [3.05, 3.63) is 23.8 Å². The Morgan fingerprint density at radius 3 is 3.30 bits per heavy atom. The van der Waals surface area contributed by atoms with Crippen LogP contribution in [0.2, 0.25) is 0 Å². The molecule has 1 heterocycles. The molecule has 0 fully saturated rings. The van der Waals surface area contributed by atoms with Gasteiger partial charge in [-0.2, -0.15) is 0 Å². The van der Waals surface area contributed by atoms with Crippen molar-refractivity contribution in [1.82, 2.24) is 0 Å². The van der Waals surface area contributed by atoms with Crippen LogP contribution in [0.15, 0.2) is 28.8 Å². The van der Waals surface area contributed by atoms with E-state index in [9.17, 15) is 0 Å². The van der Waals surface area contributed by atoms with Crippen LogP contribution in [0.5, 0.6) is 0 Å². The van der Waals surface area contributed by atoms with Gasteiger partial charge in [-0.3, -0.25) is 4.99 Å². The highest BCUT2D eigenvalue weighted by Crippen LogP contribution is 2.30. The summed E-state index contributed by atoms with van der Waals surface area (Å²) in [5, 5.41) is 0.588. The molecule has 0 aromatic rings. The highest BCUT2D eigenvalue weighted by Gasteiger charge is 2.25. The zero-order chi connectivity index (χ0) is 6.97. The van der Waals surface area contributed by atoms with Crippen LogP contribution < -0.4 is 0 Å². The first-order valence-electron chi connectivity index (χ1n) is 3.40. The van der Waals surface area contributed by atoms with Crippen molar-refractivity contribution < 1.29 is 0 Å². The maximum absolute atomic E-state index is 4.36. The second-order valence-corrected chi connectivity index (χ2v) is 3.62. The molecule has 10 heavy (non-hydrogen) atoms. The number of nitrogens with zero attached hydrogens (tertiary/aromatic N) is 1. The van der Waals surface area contributed by atoms with Crippen molar-refractivity contribution in [1.29, 1.82) is 0 Å². The number of hydrogen-bond donors (Lipinski definition) is 0. The van der Waals surface area contributed by atoms with Gasteiger partial charge in [-0.15, -0.1) is 11.8 Å². The molecule has 2 rings (SSSR count). The summed E-state index contributed by atoms with van der Waals surface area (Å²) in [7, 11) is 0. The van der Waals surface area contributed by atoms with Crippen molar-refractivity contribution in [3.63, 3.8) is 0 Å². The van der Waals surface area contributed by atoms with E-state index in [4.69, 9.17) is 0 Å². The van der Waals surface area contributed by atoms with Gasteiger partial charge in [0.05, 0.1) is 16.8 Å². The van der Waals surface area contributed by atoms with Gasteiger partial charge in [-0.1, -0.05) is 18.2 Å². The largest absolute Gasteiger partial charge is 0.277 e. The van der Waals surface area contributed by atoms with Crippen molar-refractivity contribution in [2.45, 2.75) is 18.2 Å². The molecule has 0 N–H and O–H groups in total. The fraction of sp³-hybridized carbons (Fsp3) is 0.375. The van der Waals surface area contributed by atoms with Crippen LogP contribution >= 0.6 is 11.8 Å². The number of hydrogen-bond acceptors (Lipinski definition) is 2. The van der Waals surface area contributed by atoms with Crippen molar-refractivity contribution in [2.75, 3.05) is 0 Å². The second kappa shape index (κ2) is 2.27. The molecule has 1 unspecified atom stereocenters. The molecule has 0 saturated heterocycles. The van der Waals surface area contributed by atoms with Crippen LogP contribution in [0.4, 0.5) is 0 Å². The van der Waals surface area contributed by atoms with E-state index in [0.717, 1.165) is 0 Å². The first kappa shape index (κ1) is 6.23. The highest BCUT2D eigenvalue weighted by molar-refractivity contribution is 8.13. The monoisotopic (exact) mass is 151 g/mol. The molecule has 0 aromatic heterocycles. The number of allylic oxidation sites excluding steroid dienone is 2. The molecule has 1 nitrogen and oxygen atoms in total. The number of aliphatic imine (C=N–C) groups is 1. The predicted octanol–water partition coefficient (Wildman–Crippen LogP) is 2.01. The third-order valence-electron chi connectivity index (χ3n) is 1.88. The second-order valence-electron chi connectivity index (χ2n) is 2.60. The molecule has 2 atom stereocenters. The lowest BCUT2D eigenvalue weighted by Crippen LogP contribution is -2.18. The molecule has 2 aliphatic rings. The van der Waals surface area contributed by atoms with Gasteiger partial charge in [0.2, 0.25) is 0 Å². The van der Waals surface area contributed by atoms with E-state index >= 15 is 0 Å². The standard InChI is InChI=1S/C8H9NS/c1-6-3-2-4-7-8(6)9-5-10-7/h2-5,7-8H,1H3/t7-,8?/m1/s1. The third-order valence-corrected chi connectivity index (χ3v) is 2.85. The molecule has 52 valence electrons. The third kappa shape index (κ3) is 0.833. The summed E-state index contributed by atoms with van der Waals surface area (Å²) in [5.41, 5.74) is 3.34. The fourth-order valence-corrected chi connectivity index (χ4v) is 2.23. The maximum Gasteiger partial charge on any atom is 0.0873 e. The Bertz CT molecular complexity index is 227. The SMILES string of the molecule is CC1=CC=C[C@H]2SC=NC12. The van der Waals surface area contributed by atoms with Crippen molar-refractivity contribution in [3.8, 4) is 0 Å². The minimum atomic E-state index is 0.440. The molecule has 0 aromatic carbocycles. The summed E-state index contributed by atoms with van der Waals surface area (Å²) in [4.78, 5) is 4.36. The predicted molar refractivity (Wildman–Crippen MR) is 46.6 cm³/mol. The molecule has 0 saturated carbocycles. The van der Waals surface area contributed by atoms with Gasteiger partial charge in [0, 0.05) is 0 Å². The Balaban J connectivity index is 2.30. The van der Waals surface area contributed by atoms with Crippen LogP contribution in [0.1, 0.15) is 6.92 Å². The smallest absolute Gasteiger partial charge is 0.0873 e. The zero-order valence-corrected chi connectivity index (χ0v) is 6.64. The fourth-order valence-electron chi connectivity index (χ4n) is 1.27. The van der Waals surface area contributed by atoms with Crippen LogP contribution in [0, 0.1) is 0 Å². The highest BCUT2D eigenvalue weighted by atomic mass is 32.2. The number of thioether (sulfide) groups is 1. The summed E-state index contributed by atoms with van der Waals surface area (Å²) in [5.74, 6) is 0. The van der Waals surface area contributed by atoms with Gasteiger partial charge < -0.3 is 0 Å². The normalized spacial score (nSPS) is 35.9. The average Bonchev–Trinajstić information content (AvgIpc) is 2.36. The van der Waals surface area contributed by atoms with E-state index in [-0.39, 0.29) is 0 Å². The Hall–Kier alpha value is -0.500. The van der Waals surface area contributed by atoms with Crippen LogP contribution in [0.25, 0.3) is 0 Å². The summed E-state index contributed by atoms with van der Waals surface area (Å²) >= 11 is 1.81. The topological polar surface area (TPSA) is 12.4 Å². The number of rotatable bonds is 0. The van der Waals surface area contributed by atoms with Crippen molar-refractivity contribution >= 4 is 17.3 Å². The molecule has 1 aliphatic carbocycles. The van der Waals surface area contributed by atoms with Crippen LogP contribution in [-0.2, 0) is 0 Å². The van der Waals surface area contributed by atoms with Gasteiger partial charge in [0.25, 0.3) is 0 Å². The number of fused-ring (bicyclic) bond motifs is 1. The van der Waals surface area contributed by atoms with Crippen LogP contribution in [0.3, 0.4) is 0 Å². The lowest BCUT2D eigenvalue weighted by molar-refractivity contribution is 0.808. The van der Waals surface area contributed by atoms with E-state index in [2.05, 4.69) is 30.1 Å². The van der Waals surface area contributed by atoms with E-state index in [1.165, 1.54) is 5.57 Å². The van der Waals surface area contributed by atoms with Gasteiger partial charge in [-0.05, 0) is 12.5 Å². The summed E-state index contributed by atoms with van der Waals surface area (Å²) in [6.45, 7) is 2.14. The molecule has 0 spiro atoms.